The molecule has 1 aromatic heterocycles. The van der Waals surface area contributed by atoms with Crippen molar-refractivity contribution in [2.24, 2.45) is 0 Å². The summed E-state index contributed by atoms with van der Waals surface area (Å²) in [6.45, 7) is 3.69. The van der Waals surface area contributed by atoms with E-state index in [1.54, 1.807) is 12.1 Å². The van der Waals surface area contributed by atoms with Crippen LogP contribution in [0.4, 0.5) is 0 Å². The summed E-state index contributed by atoms with van der Waals surface area (Å²) in [6, 6.07) is 12.0. The van der Waals surface area contributed by atoms with Crippen molar-refractivity contribution >= 4 is 5.78 Å². The van der Waals surface area contributed by atoms with E-state index in [9.17, 15) is 4.79 Å². The number of rotatable bonds is 9. The highest BCUT2D eigenvalue weighted by Gasteiger charge is 2.08. The summed E-state index contributed by atoms with van der Waals surface area (Å²) in [7, 11) is 0. The topological polar surface area (TPSA) is 42.2 Å². The first kappa shape index (κ1) is 15.5. The molecule has 0 saturated heterocycles. The van der Waals surface area contributed by atoms with E-state index in [0.717, 1.165) is 13.0 Å². The van der Waals surface area contributed by atoms with E-state index in [1.807, 2.05) is 0 Å². The lowest BCUT2D eigenvalue weighted by molar-refractivity contribution is 0.0955. The predicted octanol–water partition coefficient (Wildman–Crippen LogP) is 3.98. The largest absolute Gasteiger partial charge is 0.461 e. The maximum Gasteiger partial charge on any atom is 0.199 e. The van der Waals surface area contributed by atoms with Crippen LogP contribution in [-0.4, -0.2) is 12.3 Å². The van der Waals surface area contributed by atoms with Gasteiger partial charge in [0.05, 0.1) is 6.26 Å². The van der Waals surface area contributed by atoms with E-state index in [2.05, 4.69) is 36.5 Å². The molecular formula is C18H23NO2. The number of unbranched alkanes of at least 4 members (excludes halogenated alkanes) is 1. The molecule has 0 radical (unpaired) electrons. The molecule has 0 spiro atoms. The second-order valence-corrected chi connectivity index (χ2v) is 5.20. The van der Waals surface area contributed by atoms with Gasteiger partial charge in [-0.3, -0.25) is 4.79 Å². The zero-order valence-corrected chi connectivity index (χ0v) is 12.6. The van der Waals surface area contributed by atoms with Crippen LogP contribution < -0.4 is 5.32 Å². The minimum Gasteiger partial charge on any atom is -0.461 e. The smallest absolute Gasteiger partial charge is 0.199 e. The average molecular weight is 285 g/mol. The van der Waals surface area contributed by atoms with Crippen LogP contribution in [0.1, 0.15) is 47.9 Å². The highest BCUT2D eigenvalue weighted by molar-refractivity contribution is 5.93. The molecule has 0 aliphatic rings. The molecule has 1 heterocycles. The molecule has 0 aliphatic carbocycles. The first-order chi connectivity index (χ1) is 10.3. The van der Waals surface area contributed by atoms with Crippen LogP contribution in [0.5, 0.6) is 0 Å². The first-order valence-corrected chi connectivity index (χ1v) is 7.65. The van der Waals surface area contributed by atoms with Crippen LogP contribution in [0.15, 0.2) is 47.1 Å². The van der Waals surface area contributed by atoms with Crippen LogP contribution in [0.3, 0.4) is 0 Å². The highest BCUT2D eigenvalue weighted by atomic mass is 16.3. The van der Waals surface area contributed by atoms with E-state index >= 15 is 0 Å². The monoisotopic (exact) mass is 285 g/mol. The Bertz CT molecular complexity index is 546. The van der Waals surface area contributed by atoms with Gasteiger partial charge in [0, 0.05) is 19.5 Å². The fraction of sp³-hybridized carbons (Fsp3) is 0.389. The van der Waals surface area contributed by atoms with E-state index in [4.69, 9.17) is 4.42 Å². The maximum atomic E-state index is 11.8. The summed E-state index contributed by atoms with van der Waals surface area (Å²) in [4.78, 5) is 11.8. The first-order valence-electron chi connectivity index (χ1n) is 7.65. The van der Waals surface area contributed by atoms with Gasteiger partial charge >= 0.3 is 0 Å². The number of nitrogens with one attached hydrogen (secondary N) is 1. The predicted molar refractivity (Wildman–Crippen MR) is 84.4 cm³/mol. The number of carbonyl (C=O) groups excluding carboxylic acids is 1. The third kappa shape index (κ3) is 4.87. The molecule has 0 bridgehead atoms. The van der Waals surface area contributed by atoms with Gasteiger partial charge in [0.15, 0.2) is 11.5 Å². The number of furan rings is 1. The lowest BCUT2D eigenvalue weighted by atomic mass is 10.0. The standard InChI is InChI=1S/C18H23NO2/c1-2-3-7-15-8-4-5-9-16(15)14-19-12-11-17(20)18-10-6-13-21-18/h4-6,8-10,13,19H,2-3,7,11-12,14H2,1H3. The Kier molecular flexibility index (Phi) is 6.22. The summed E-state index contributed by atoms with van der Waals surface area (Å²) in [5, 5.41) is 3.35. The second kappa shape index (κ2) is 8.42. The Hall–Kier alpha value is -1.87. The number of hydrogen-bond acceptors (Lipinski definition) is 3. The second-order valence-electron chi connectivity index (χ2n) is 5.20. The minimum absolute atomic E-state index is 0.0479. The molecule has 0 fully saturated rings. The van der Waals surface area contributed by atoms with Crippen molar-refractivity contribution in [3.8, 4) is 0 Å². The zero-order valence-electron chi connectivity index (χ0n) is 12.6. The van der Waals surface area contributed by atoms with Crippen LogP contribution in [-0.2, 0) is 13.0 Å². The molecule has 0 unspecified atom stereocenters. The third-order valence-corrected chi connectivity index (χ3v) is 3.56. The summed E-state index contributed by atoms with van der Waals surface area (Å²) in [5.74, 6) is 0.493. The molecule has 0 amide bonds. The Morgan fingerprint density at radius 1 is 1.14 bits per heavy atom. The lowest BCUT2D eigenvalue weighted by Gasteiger charge is -2.10. The molecule has 0 aliphatic heterocycles. The summed E-state index contributed by atoms with van der Waals surface area (Å²) < 4.78 is 5.10. The fourth-order valence-corrected chi connectivity index (χ4v) is 2.33. The fourth-order valence-electron chi connectivity index (χ4n) is 2.33. The van der Waals surface area contributed by atoms with Crippen molar-refractivity contribution in [1.82, 2.24) is 5.32 Å². The summed E-state index contributed by atoms with van der Waals surface area (Å²) >= 11 is 0. The maximum absolute atomic E-state index is 11.8. The van der Waals surface area contributed by atoms with E-state index in [-0.39, 0.29) is 5.78 Å². The van der Waals surface area contributed by atoms with Crippen LogP contribution in [0.2, 0.25) is 0 Å². The molecule has 1 aromatic carbocycles. The quantitative estimate of drug-likeness (QED) is 0.559. The summed E-state index contributed by atoms with van der Waals surface area (Å²) in [5.41, 5.74) is 2.74. The lowest BCUT2D eigenvalue weighted by Crippen LogP contribution is -2.18. The van der Waals surface area contributed by atoms with Crippen molar-refractivity contribution in [1.29, 1.82) is 0 Å². The normalized spacial score (nSPS) is 10.7. The molecule has 0 saturated carbocycles. The highest BCUT2D eigenvalue weighted by Crippen LogP contribution is 2.12. The molecule has 3 nitrogen and oxygen atoms in total. The van der Waals surface area contributed by atoms with Gasteiger partial charge in [-0.1, -0.05) is 37.6 Å². The van der Waals surface area contributed by atoms with Crippen LogP contribution in [0.25, 0.3) is 0 Å². The zero-order chi connectivity index (χ0) is 14.9. The number of hydrogen-bond donors (Lipinski definition) is 1. The van der Waals surface area contributed by atoms with Crippen LogP contribution in [0, 0.1) is 0 Å². The number of Topliss-reactive ketones (excluding diaryl/α,β-unsaturated/α-hetero) is 1. The molecule has 2 aromatic rings. The van der Waals surface area contributed by atoms with Crippen LogP contribution >= 0.6 is 0 Å². The van der Waals surface area contributed by atoms with Gasteiger partial charge in [0.1, 0.15) is 0 Å². The van der Waals surface area contributed by atoms with Crippen molar-refractivity contribution < 1.29 is 9.21 Å². The Balaban J connectivity index is 1.77. The number of ketones is 1. The minimum atomic E-state index is 0.0479. The van der Waals surface area contributed by atoms with Crippen molar-refractivity contribution in [3.63, 3.8) is 0 Å². The van der Waals surface area contributed by atoms with E-state index in [0.29, 0.717) is 18.7 Å². The molecule has 21 heavy (non-hydrogen) atoms. The number of aryl methyl sites for hydroxylation is 1. The van der Waals surface area contributed by atoms with Gasteiger partial charge in [-0.05, 0) is 36.1 Å². The van der Waals surface area contributed by atoms with Gasteiger partial charge < -0.3 is 9.73 Å². The van der Waals surface area contributed by atoms with E-state index < -0.39 is 0 Å². The average Bonchev–Trinajstić information content (AvgIpc) is 3.04. The number of carbonyl (C=O) groups is 1. The Morgan fingerprint density at radius 2 is 1.95 bits per heavy atom. The van der Waals surface area contributed by atoms with Crippen molar-refractivity contribution in [2.75, 3.05) is 6.54 Å². The van der Waals surface area contributed by atoms with Gasteiger partial charge in [-0.25, -0.2) is 0 Å². The third-order valence-electron chi connectivity index (χ3n) is 3.56. The van der Waals surface area contributed by atoms with Gasteiger partial charge in [0.2, 0.25) is 0 Å². The van der Waals surface area contributed by atoms with Crippen molar-refractivity contribution in [3.05, 3.63) is 59.5 Å². The molecular weight excluding hydrogens is 262 g/mol. The molecule has 1 N–H and O–H groups in total. The van der Waals surface area contributed by atoms with Gasteiger partial charge in [-0.2, -0.15) is 0 Å². The van der Waals surface area contributed by atoms with E-state index in [1.165, 1.54) is 30.2 Å². The Morgan fingerprint density at radius 3 is 2.67 bits per heavy atom. The summed E-state index contributed by atoms with van der Waals surface area (Å²) in [6.07, 6.45) is 5.54. The number of benzene rings is 1. The van der Waals surface area contributed by atoms with Gasteiger partial charge in [-0.15, -0.1) is 0 Å². The Labute approximate surface area is 126 Å². The SMILES string of the molecule is CCCCc1ccccc1CNCCC(=O)c1ccco1. The molecule has 112 valence electrons. The molecule has 3 heteroatoms. The molecule has 2 rings (SSSR count). The van der Waals surface area contributed by atoms with Crippen molar-refractivity contribution in [2.45, 2.75) is 39.2 Å². The van der Waals surface area contributed by atoms with Gasteiger partial charge in [0.25, 0.3) is 0 Å². The molecule has 0 atom stereocenters.